The van der Waals surface area contributed by atoms with E-state index in [4.69, 9.17) is 9.40 Å². The number of quaternary nitrogens is 1. The summed E-state index contributed by atoms with van der Waals surface area (Å²) in [5.41, 5.74) is 3.34. The molecule has 0 saturated carbocycles. The number of nitrogens with two attached hydrogens (primary N) is 1. The zero-order valence-electron chi connectivity index (χ0n) is 17.8. The first-order valence-electron chi connectivity index (χ1n) is 10.4. The number of aromatic nitrogens is 2. The topological polar surface area (TPSA) is 75.5 Å². The quantitative estimate of drug-likeness (QED) is 0.448. The number of hydrogen-bond donors (Lipinski definition) is 2. The Bertz CT molecular complexity index is 1170. The third-order valence-corrected chi connectivity index (χ3v) is 6.42. The molecular weight excluding hydrogens is 394 g/mol. The van der Waals surface area contributed by atoms with E-state index in [1.54, 1.807) is 6.26 Å². The van der Waals surface area contributed by atoms with Gasteiger partial charge in [-0.3, -0.25) is 4.79 Å². The van der Waals surface area contributed by atoms with Gasteiger partial charge in [-0.2, -0.15) is 0 Å². The van der Waals surface area contributed by atoms with E-state index in [9.17, 15) is 4.79 Å². The number of nitrogens with zero attached hydrogens (tertiary/aromatic N) is 1. The third-order valence-electron chi connectivity index (χ3n) is 5.55. The molecule has 6 heteroatoms. The van der Waals surface area contributed by atoms with Crippen LogP contribution in [-0.2, 0) is 6.54 Å². The zero-order valence-corrected chi connectivity index (χ0v) is 18.6. The summed E-state index contributed by atoms with van der Waals surface area (Å²) in [5.74, 6) is 2.37. The Morgan fingerprint density at radius 2 is 1.83 bits per heavy atom. The third kappa shape index (κ3) is 4.11. The SMILES string of the molecule is CC(C)c1ccc([C@@H]([NH2+]Cc2nc3scc(-c4ccco4)c3c(=O)[nH]2)C(C)C)cc1. The molecule has 0 aliphatic carbocycles. The zero-order chi connectivity index (χ0) is 21.3. The Hall–Kier alpha value is -2.70. The smallest absolute Gasteiger partial charge is 0.260 e. The van der Waals surface area contributed by atoms with Crippen molar-refractivity contribution in [1.29, 1.82) is 0 Å². The van der Waals surface area contributed by atoms with Crippen LogP contribution < -0.4 is 10.9 Å². The summed E-state index contributed by atoms with van der Waals surface area (Å²) in [5, 5.41) is 4.80. The van der Waals surface area contributed by atoms with Gasteiger partial charge in [0.1, 0.15) is 23.2 Å². The van der Waals surface area contributed by atoms with Crippen molar-refractivity contribution in [3.63, 3.8) is 0 Å². The van der Waals surface area contributed by atoms with Crippen molar-refractivity contribution < 1.29 is 9.73 Å². The van der Waals surface area contributed by atoms with Crippen LogP contribution in [0.15, 0.2) is 57.3 Å². The van der Waals surface area contributed by atoms with Crippen LogP contribution >= 0.6 is 11.3 Å². The van der Waals surface area contributed by atoms with Crippen molar-refractivity contribution in [2.45, 2.75) is 46.2 Å². The minimum Gasteiger partial charge on any atom is -0.464 e. The van der Waals surface area contributed by atoms with Crippen LogP contribution in [0, 0.1) is 5.92 Å². The highest BCUT2D eigenvalue weighted by Gasteiger charge is 2.21. The molecule has 0 aliphatic heterocycles. The van der Waals surface area contributed by atoms with Crippen LogP contribution in [0.2, 0.25) is 0 Å². The maximum atomic E-state index is 12.8. The van der Waals surface area contributed by atoms with Gasteiger partial charge in [-0.05, 0) is 23.6 Å². The fraction of sp³-hybridized carbons (Fsp3) is 0.333. The summed E-state index contributed by atoms with van der Waals surface area (Å²) in [6, 6.07) is 12.9. The van der Waals surface area contributed by atoms with Gasteiger partial charge in [0, 0.05) is 22.4 Å². The average Bonchev–Trinajstić information content (AvgIpc) is 3.38. The molecule has 0 unspecified atom stereocenters. The lowest BCUT2D eigenvalue weighted by Gasteiger charge is -2.20. The van der Waals surface area contributed by atoms with Gasteiger partial charge in [0.05, 0.1) is 11.6 Å². The van der Waals surface area contributed by atoms with Gasteiger partial charge in [0.2, 0.25) is 0 Å². The van der Waals surface area contributed by atoms with Crippen LogP contribution in [0.5, 0.6) is 0 Å². The molecule has 3 N–H and O–H groups in total. The number of fused-ring (bicyclic) bond motifs is 1. The lowest BCUT2D eigenvalue weighted by molar-refractivity contribution is -0.718. The van der Waals surface area contributed by atoms with Crippen LogP contribution in [-0.4, -0.2) is 9.97 Å². The van der Waals surface area contributed by atoms with Crippen LogP contribution in [0.1, 0.15) is 56.6 Å². The first kappa shape index (κ1) is 20.6. The Morgan fingerprint density at radius 1 is 1.10 bits per heavy atom. The van der Waals surface area contributed by atoms with E-state index in [1.165, 1.54) is 22.5 Å². The van der Waals surface area contributed by atoms with E-state index in [-0.39, 0.29) is 5.56 Å². The van der Waals surface area contributed by atoms with Crippen molar-refractivity contribution in [2.75, 3.05) is 0 Å². The fourth-order valence-electron chi connectivity index (χ4n) is 3.84. The molecule has 0 bridgehead atoms. The molecule has 1 atom stereocenters. The first-order chi connectivity index (χ1) is 14.4. The highest BCUT2D eigenvalue weighted by atomic mass is 32.1. The normalized spacial score (nSPS) is 12.9. The van der Waals surface area contributed by atoms with E-state index < -0.39 is 0 Å². The molecule has 3 aromatic heterocycles. The van der Waals surface area contributed by atoms with Crippen molar-refractivity contribution in [1.82, 2.24) is 9.97 Å². The molecule has 0 spiro atoms. The Kier molecular flexibility index (Phi) is 5.88. The van der Waals surface area contributed by atoms with E-state index >= 15 is 0 Å². The lowest BCUT2D eigenvalue weighted by Crippen LogP contribution is -2.85. The van der Waals surface area contributed by atoms with Crippen LogP contribution in [0.4, 0.5) is 0 Å². The van der Waals surface area contributed by atoms with Gasteiger partial charge in [-0.25, -0.2) is 4.98 Å². The second-order valence-corrected chi connectivity index (χ2v) is 9.21. The van der Waals surface area contributed by atoms with Crippen molar-refractivity contribution >= 4 is 21.6 Å². The maximum Gasteiger partial charge on any atom is 0.260 e. The highest BCUT2D eigenvalue weighted by molar-refractivity contribution is 7.17. The van der Waals surface area contributed by atoms with Gasteiger partial charge in [-0.15, -0.1) is 11.3 Å². The monoisotopic (exact) mass is 422 g/mol. The number of furan rings is 1. The average molecular weight is 423 g/mol. The molecule has 0 fully saturated rings. The molecule has 0 saturated heterocycles. The molecule has 0 radical (unpaired) electrons. The fourth-order valence-corrected chi connectivity index (χ4v) is 4.79. The number of hydrogen-bond acceptors (Lipinski definition) is 4. The van der Waals surface area contributed by atoms with Crippen LogP contribution in [0.3, 0.4) is 0 Å². The molecule has 4 aromatic rings. The molecular formula is C24H28N3O2S+. The van der Waals surface area contributed by atoms with Gasteiger partial charge >= 0.3 is 0 Å². The summed E-state index contributed by atoms with van der Waals surface area (Å²) in [6.45, 7) is 9.49. The first-order valence-corrected chi connectivity index (χ1v) is 11.3. The van der Waals surface area contributed by atoms with Crippen molar-refractivity contribution in [2.24, 2.45) is 5.92 Å². The maximum absolute atomic E-state index is 12.8. The Balaban J connectivity index is 1.56. The number of aromatic amines is 1. The van der Waals surface area contributed by atoms with E-state index in [0.29, 0.717) is 41.4 Å². The summed E-state index contributed by atoms with van der Waals surface area (Å²) in [4.78, 5) is 21.2. The predicted octanol–water partition coefficient (Wildman–Crippen LogP) is 4.83. The number of benzene rings is 1. The van der Waals surface area contributed by atoms with Gasteiger partial charge < -0.3 is 14.7 Å². The van der Waals surface area contributed by atoms with Gasteiger partial charge in [0.15, 0.2) is 5.82 Å². The molecule has 3 heterocycles. The molecule has 4 rings (SSSR count). The van der Waals surface area contributed by atoms with Gasteiger partial charge in [0.25, 0.3) is 5.56 Å². The molecule has 156 valence electrons. The summed E-state index contributed by atoms with van der Waals surface area (Å²) >= 11 is 1.48. The number of thiophene rings is 1. The minimum absolute atomic E-state index is 0.113. The van der Waals surface area contributed by atoms with E-state index in [1.807, 2.05) is 17.5 Å². The number of nitrogens with one attached hydrogen (secondary N) is 1. The summed E-state index contributed by atoms with van der Waals surface area (Å²) in [6.07, 6.45) is 1.61. The number of rotatable bonds is 7. The molecule has 5 nitrogen and oxygen atoms in total. The second kappa shape index (κ2) is 8.58. The standard InChI is InChI=1S/C24H27N3O2S/c1-14(2)16-7-9-17(10-8-16)22(15(3)4)25-12-20-26-23(28)21-18(13-30-24(21)27-20)19-6-5-11-29-19/h5-11,13-15,22,25H,12H2,1-4H3,(H,26,27,28)/p+1/t22-/m0/s1. The summed E-state index contributed by atoms with van der Waals surface area (Å²) in [7, 11) is 0. The van der Waals surface area contributed by atoms with E-state index in [0.717, 1.165) is 10.4 Å². The molecule has 0 amide bonds. The number of H-pyrrole nitrogens is 1. The molecule has 30 heavy (non-hydrogen) atoms. The summed E-state index contributed by atoms with van der Waals surface area (Å²) < 4.78 is 5.47. The Morgan fingerprint density at radius 3 is 2.47 bits per heavy atom. The van der Waals surface area contributed by atoms with E-state index in [2.05, 4.69) is 62.3 Å². The van der Waals surface area contributed by atoms with Crippen LogP contribution in [0.25, 0.3) is 21.5 Å². The second-order valence-electron chi connectivity index (χ2n) is 8.35. The largest absolute Gasteiger partial charge is 0.464 e. The van der Waals surface area contributed by atoms with Gasteiger partial charge in [-0.1, -0.05) is 52.0 Å². The Labute approximate surface area is 180 Å². The highest BCUT2D eigenvalue weighted by Crippen LogP contribution is 2.30. The van der Waals surface area contributed by atoms with Crippen molar-refractivity contribution in [3.8, 4) is 11.3 Å². The lowest BCUT2D eigenvalue weighted by atomic mass is 9.93. The minimum atomic E-state index is -0.113. The predicted molar refractivity (Wildman–Crippen MR) is 122 cm³/mol. The van der Waals surface area contributed by atoms with Crippen molar-refractivity contribution in [3.05, 3.63) is 75.3 Å². The molecule has 1 aromatic carbocycles. The molecule has 0 aliphatic rings.